The molecule has 0 fully saturated rings. The van der Waals surface area contributed by atoms with E-state index >= 15 is 0 Å². The highest BCUT2D eigenvalue weighted by atomic mass is 79.9. The van der Waals surface area contributed by atoms with E-state index in [0.29, 0.717) is 10.0 Å². The number of carboxylic acids is 1. The van der Waals surface area contributed by atoms with Gasteiger partial charge >= 0.3 is 5.97 Å². The van der Waals surface area contributed by atoms with E-state index in [0.717, 1.165) is 0 Å². The number of carboxylic acid groups (broad SMARTS) is 1. The molecule has 0 aromatic carbocycles. The summed E-state index contributed by atoms with van der Waals surface area (Å²) in [4.78, 5) is 10.3. The lowest BCUT2D eigenvalue weighted by Crippen LogP contribution is -1.95. The minimum Gasteiger partial charge on any atom is -0.475 e. The normalized spacial score (nSPS) is 9.80. The van der Waals surface area contributed by atoms with E-state index in [1.54, 1.807) is 6.92 Å². The molecule has 0 amide bonds. The third-order valence-electron chi connectivity index (χ3n) is 1.17. The van der Waals surface area contributed by atoms with Crippen LogP contribution in [0, 0.1) is 6.92 Å². The van der Waals surface area contributed by atoms with Crippen molar-refractivity contribution in [2.24, 2.45) is 0 Å². The number of carbonyl (C=O) groups is 1. The van der Waals surface area contributed by atoms with Crippen molar-refractivity contribution in [1.29, 1.82) is 0 Å². The predicted molar refractivity (Wildman–Crippen MR) is 38.1 cm³/mol. The van der Waals surface area contributed by atoms with Crippen molar-refractivity contribution in [2.45, 2.75) is 6.92 Å². The molecule has 1 aromatic heterocycles. The van der Waals surface area contributed by atoms with E-state index in [4.69, 9.17) is 9.52 Å². The monoisotopic (exact) mass is 204 g/mol. The Bertz CT molecular complexity index is 264. The number of hydrogen-bond donors (Lipinski definition) is 1. The number of furan rings is 1. The van der Waals surface area contributed by atoms with Crippen LogP contribution in [0.15, 0.2) is 15.2 Å². The van der Waals surface area contributed by atoms with Crippen LogP contribution in [-0.4, -0.2) is 11.1 Å². The minimum atomic E-state index is -1.04. The van der Waals surface area contributed by atoms with Gasteiger partial charge in [-0.25, -0.2) is 4.79 Å². The quantitative estimate of drug-likeness (QED) is 0.763. The Kier molecular flexibility index (Phi) is 1.80. The Hall–Kier alpha value is -0.770. The second-order valence-corrected chi connectivity index (χ2v) is 2.70. The first kappa shape index (κ1) is 7.34. The molecule has 0 aliphatic carbocycles. The number of aromatic carboxylic acids is 1. The average Bonchev–Trinajstić information content (AvgIpc) is 2.14. The summed E-state index contributed by atoms with van der Waals surface area (Å²) >= 11 is 3.13. The van der Waals surface area contributed by atoms with Gasteiger partial charge in [-0.15, -0.1) is 0 Å². The molecule has 0 unspecified atom stereocenters. The van der Waals surface area contributed by atoms with Crippen LogP contribution in [0.3, 0.4) is 0 Å². The summed E-state index contributed by atoms with van der Waals surface area (Å²) in [6.07, 6.45) is 1.36. The summed E-state index contributed by atoms with van der Waals surface area (Å²) in [5.41, 5.74) is 0.618. The fraction of sp³-hybridized carbons (Fsp3) is 0.167. The Morgan fingerprint density at radius 1 is 1.80 bits per heavy atom. The van der Waals surface area contributed by atoms with Crippen LogP contribution in [0.5, 0.6) is 0 Å². The molecule has 0 saturated carbocycles. The van der Waals surface area contributed by atoms with Crippen LogP contribution in [-0.2, 0) is 0 Å². The molecule has 0 bridgehead atoms. The largest absolute Gasteiger partial charge is 0.475 e. The summed E-state index contributed by atoms with van der Waals surface area (Å²) in [5.74, 6) is -1.05. The van der Waals surface area contributed by atoms with Gasteiger partial charge in [0.25, 0.3) is 0 Å². The van der Waals surface area contributed by atoms with Gasteiger partial charge in [0.15, 0.2) is 0 Å². The maximum absolute atomic E-state index is 10.3. The van der Waals surface area contributed by atoms with E-state index in [1.165, 1.54) is 6.26 Å². The fourth-order valence-corrected chi connectivity index (χ4v) is 0.880. The van der Waals surface area contributed by atoms with Gasteiger partial charge in [-0.05, 0) is 22.9 Å². The van der Waals surface area contributed by atoms with Gasteiger partial charge in [0.05, 0.1) is 4.47 Å². The topological polar surface area (TPSA) is 50.4 Å². The second-order valence-electron chi connectivity index (χ2n) is 1.84. The van der Waals surface area contributed by atoms with Crippen LogP contribution in [0.1, 0.15) is 16.1 Å². The summed E-state index contributed by atoms with van der Waals surface area (Å²) in [6, 6.07) is 0. The van der Waals surface area contributed by atoms with Crippen LogP contribution in [0.25, 0.3) is 0 Å². The molecule has 0 atom stereocenters. The molecule has 10 heavy (non-hydrogen) atoms. The van der Waals surface area contributed by atoms with E-state index in [9.17, 15) is 4.79 Å². The number of hydrogen-bond acceptors (Lipinski definition) is 2. The number of halogens is 1. The lowest BCUT2D eigenvalue weighted by molar-refractivity contribution is 0.0661. The van der Waals surface area contributed by atoms with Crippen molar-refractivity contribution in [3.05, 3.63) is 22.1 Å². The molecule has 0 saturated heterocycles. The molecular formula is C6H5BrO3. The molecule has 0 spiro atoms. The van der Waals surface area contributed by atoms with Crippen molar-refractivity contribution in [3.8, 4) is 0 Å². The maximum Gasteiger partial charge on any atom is 0.372 e. The molecular weight excluding hydrogens is 200 g/mol. The van der Waals surface area contributed by atoms with Crippen molar-refractivity contribution < 1.29 is 14.3 Å². The highest BCUT2D eigenvalue weighted by Crippen LogP contribution is 2.21. The van der Waals surface area contributed by atoms with E-state index in [2.05, 4.69) is 15.9 Å². The van der Waals surface area contributed by atoms with Crippen molar-refractivity contribution in [2.75, 3.05) is 0 Å². The highest BCUT2D eigenvalue weighted by molar-refractivity contribution is 9.10. The zero-order valence-corrected chi connectivity index (χ0v) is 6.81. The standard InChI is InChI=1S/C6H5BrO3/c1-3-4(7)2-10-5(3)6(8)9/h2H,1H3,(H,8,9). The maximum atomic E-state index is 10.3. The van der Waals surface area contributed by atoms with Gasteiger partial charge in [0, 0.05) is 5.56 Å². The molecule has 0 aliphatic heterocycles. The molecule has 0 radical (unpaired) electrons. The van der Waals surface area contributed by atoms with E-state index in [-0.39, 0.29) is 5.76 Å². The predicted octanol–water partition coefficient (Wildman–Crippen LogP) is 2.05. The molecule has 3 nitrogen and oxygen atoms in total. The van der Waals surface area contributed by atoms with Gasteiger partial charge in [-0.2, -0.15) is 0 Å². The zero-order chi connectivity index (χ0) is 7.72. The Balaban J connectivity index is 3.17. The Morgan fingerprint density at radius 3 is 2.60 bits per heavy atom. The molecule has 4 heteroatoms. The molecule has 0 aliphatic rings. The van der Waals surface area contributed by atoms with Crippen LogP contribution in [0.2, 0.25) is 0 Å². The smallest absolute Gasteiger partial charge is 0.372 e. The molecule has 1 aromatic rings. The first-order valence-electron chi connectivity index (χ1n) is 2.60. The first-order valence-corrected chi connectivity index (χ1v) is 3.39. The van der Waals surface area contributed by atoms with Crippen molar-refractivity contribution in [3.63, 3.8) is 0 Å². The zero-order valence-electron chi connectivity index (χ0n) is 5.22. The van der Waals surface area contributed by atoms with Gasteiger partial charge in [-0.1, -0.05) is 0 Å². The van der Waals surface area contributed by atoms with Crippen molar-refractivity contribution >= 4 is 21.9 Å². The average molecular weight is 205 g/mol. The molecule has 1 rings (SSSR count). The lowest BCUT2D eigenvalue weighted by atomic mass is 10.3. The Morgan fingerprint density at radius 2 is 2.40 bits per heavy atom. The lowest BCUT2D eigenvalue weighted by Gasteiger charge is -1.87. The molecule has 1 N–H and O–H groups in total. The third-order valence-corrected chi connectivity index (χ3v) is 1.95. The van der Waals surface area contributed by atoms with Crippen LogP contribution in [0.4, 0.5) is 0 Å². The molecule has 1 heterocycles. The first-order chi connectivity index (χ1) is 4.63. The fourth-order valence-electron chi connectivity index (χ4n) is 0.607. The minimum absolute atomic E-state index is 0.00752. The third kappa shape index (κ3) is 1.07. The SMILES string of the molecule is Cc1c(Br)coc1C(=O)O. The molecule has 54 valence electrons. The van der Waals surface area contributed by atoms with Gasteiger partial charge in [0.1, 0.15) is 6.26 Å². The van der Waals surface area contributed by atoms with Gasteiger partial charge in [-0.3, -0.25) is 0 Å². The van der Waals surface area contributed by atoms with Gasteiger partial charge < -0.3 is 9.52 Å². The highest BCUT2D eigenvalue weighted by Gasteiger charge is 2.13. The summed E-state index contributed by atoms with van der Waals surface area (Å²) in [5, 5.41) is 8.46. The van der Waals surface area contributed by atoms with Crippen molar-refractivity contribution in [1.82, 2.24) is 0 Å². The Labute approximate surface area is 65.8 Å². The summed E-state index contributed by atoms with van der Waals surface area (Å²) in [6.45, 7) is 1.68. The summed E-state index contributed by atoms with van der Waals surface area (Å²) in [7, 11) is 0. The van der Waals surface area contributed by atoms with Crippen LogP contribution < -0.4 is 0 Å². The van der Waals surface area contributed by atoms with E-state index < -0.39 is 5.97 Å². The van der Waals surface area contributed by atoms with Crippen LogP contribution >= 0.6 is 15.9 Å². The number of rotatable bonds is 1. The second kappa shape index (κ2) is 2.46. The van der Waals surface area contributed by atoms with E-state index in [1.807, 2.05) is 0 Å². The van der Waals surface area contributed by atoms with Gasteiger partial charge in [0.2, 0.25) is 5.76 Å². The summed E-state index contributed by atoms with van der Waals surface area (Å²) < 4.78 is 5.40.